The largest absolute Gasteiger partial charge is 0.496 e. The molecule has 1 aromatic rings. The van der Waals surface area contributed by atoms with E-state index in [1.807, 2.05) is 12.1 Å². The van der Waals surface area contributed by atoms with Crippen molar-refractivity contribution in [3.63, 3.8) is 0 Å². The van der Waals surface area contributed by atoms with Crippen molar-refractivity contribution in [2.45, 2.75) is 43.9 Å². The lowest BCUT2D eigenvalue weighted by Crippen LogP contribution is -2.41. The van der Waals surface area contributed by atoms with Crippen LogP contribution in [0.5, 0.6) is 5.75 Å². The van der Waals surface area contributed by atoms with Gasteiger partial charge < -0.3 is 14.7 Å². The summed E-state index contributed by atoms with van der Waals surface area (Å²) < 4.78 is 5.28. The van der Waals surface area contributed by atoms with Crippen LogP contribution in [-0.4, -0.2) is 35.2 Å². The first kappa shape index (κ1) is 13.9. The number of hydrogen-bond donors (Lipinski definition) is 1. The van der Waals surface area contributed by atoms with Crippen LogP contribution in [0.4, 0.5) is 0 Å². The summed E-state index contributed by atoms with van der Waals surface area (Å²) in [4.78, 5) is 14.4. The topological polar surface area (TPSA) is 73.6 Å². The molecule has 1 aliphatic heterocycles. The second-order valence-electron chi connectivity index (χ2n) is 5.63. The van der Waals surface area contributed by atoms with E-state index in [4.69, 9.17) is 4.74 Å². The van der Waals surface area contributed by atoms with E-state index in [9.17, 15) is 15.2 Å². The van der Waals surface area contributed by atoms with E-state index in [-0.39, 0.29) is 18.1 Å². The molecule has 2 aliphatic rings. The zero-order valence-corrected chi connectivity index (χ0v) is 12.0. The van der Waals surface area contributed by atoms with Crippen LogP contribution in [0.1, 0.15) is 47.6 Å². The van der Waals surface area contributed by atoms with Crippen LogP contribution < -0.4 is 4.74 Å². The van der Waals surface area contributed by atoms with Gasteiger partial charge in [0.25, 0.3) is 5.91 Å². The highest BCUT2D eigenvalue weighted by atomic mass is 16.5. The molecule has 1 aromatic carbocycles. The third-order valence-electron chi connectivity index (χ3n) is 4.48. The Bertz CT molecular complexity index is 600. The fourth-order valence-corrected chi connectivity index (χ4v) is 3.42. The number of methoxy groups -OCH3 is 1. The summed E-state index contributed by atoms with van der Waals surface area (Å²) in [6.45, 7) is 0. The third kappa shape index (κ3) is 2.16. The molecule has 1 heterocycles. The lowest BCUT2D eigenvalue weighted by Gasteiger charge is -2.34. The van der Waals surface area contributed by atoms with Crippen LogP contribution in [0.3, 0.4) is 0 Å². The molecule has 1 fully saturated rings. The molecule has 0 bridgehead atoms. The van der Waals surface area contributed by atoms with Crippen LogP contribution in [0.15, 0.2) is 18.2 Å². The summed E-state index contributed by atoms with van der Waals surface area (Å²) >= 11 is 0. The van der Waals surface area contributed by atoms with Gasteiger partial charge in [0, 0.05) is 11.6 Å². The molecule has 0 radical (unpaired) electrons. The Morgan fingerprint density at radius 2 is 2.05 bits per heavy atom. The maximum atomic E-state index is 12.8. The number of carbonyl (C=O) groups excluding carboxylic acids is 1. The minimum Gasteiger partial charge on any atom is -0.496 e. The fraction of sp³-hybridized carbons (Fsp3) is 0.500. The van der Waals surface area contributed by atoms with Gasteiger partial charge in [-0.25, -0.2) is 0 Å². The Kier molecular flexibility index (Phi) is 3.56. The van der Waals surface area contributed by atoms with Crippen molar-refractivity contribution in [1.29, 1.82) is 5.26 Å². The lowest BCUT2D eigenvalue weighted by atomic mass is 9.91. The fourth-order valence-electron chi connectivity index (χ4n) is 3.42. The number of ether oxygens (including phenoxy) is 1. The van der Waals surface area contributed by atoms with Crippen molar-refractivity contribution >= 4 is 5.91 Å². The van der Waals surface area contributed by atoms with E-state index in [1.165, 1.54) is 7.11 Å². The Morgan fingerprint density at radius 1 is 1.33 bits per heavy atom. The van der Waals surface area contributed by atoms with Gasteiger partial charge in [-0.1, -0.05) is 12.1 Å². The molecule has 1 aliphatic carbocycles. The van der Waals surface area contributed by atoms with Crippen LogP contribution in [0.2, 0.25) is 0 Å². The summed E-state index contributed by atoms with van der Waals surface area (Å²) in [6.07, 6.45) is 2.56. The third-order valence-corrected chi connectivity index (χ3v) is 4.48. The molecule has 0 spiro atoms. The summed E-state index contributed by atoms with van der Waals surface area (Å²) in [5.41, 5.74) is 1.24. The average molecular weight is 286 g/mol. The molecule has 3 rings (SSSR count). The van der Waals surface area contributed by atoms with Crippen molar-refractivity contribution < 1.29 is 14.6 Å². The van der Waals surface area contributed by atoms with E-state index in [1.54, 1.807) is 11.0 Å². The Labute approximate surface area is 123 Å². The van der Waals surface area contributed by atoms with E-state index in [0.717, 1.165) is 18.4 Å². The van der Waals surface area contributed by atoms with Gasteiger partial charge in [-0.3, -0.25) is 4.79 Å². The Hall–Kier alpha value is -2.06. The molecule has 5 nitrogen and oxygen atoms in total. The maximum Gasteiger partial charge on any atom is 0.259 e. The van der Waals surface area contributed by atoms with Crippen molar-refractivity contribution in [1.82, 2.24) is 4.90 Å². The van der Waals surface area contributed by atoms with Gasteiger partial charge in [0.1, 0.15) is 11.8 Å². The summed E-state index contributed by atoms with van der Waals surface area (Å²) in [5, 5.41) is 19.1. The highest BCUT2D eigenvalue weighted by Gasteiger charge is 2.43. The molecule has 5 heteroatoms. The van der Waals surface area contributed by atoms with Crippen molar-refractivity contribution in [3.05, 3.63) is 29.3 Å². The molecule has 1 saturated carbocycles. The van der Waals surface area contributed by atoms with Crippen LogP contribution in [-0.2, 0) is 0 Å². The zero-order chi connectivity index (χ0) is 15.0. The molecule has 1 amide bonds. The van der Waals surface area contributed by atoms with Crippen LogP contribution in [0.25, 0.3) is 0 Å². The standard InChI is InChI=1S/C16H18N2O3/c1-21-14-4-2-3-12-13(9-17)18(16(20)15(12)14)10-5-7-11(19)8-6-10/h2-4,10-11,13,19H,5-8H2,1H3. The zero-order valence-electron chi connectivity index (χ0n) is 12.0. The highest BCUT2D eigenvalue weighted by Crippen LogP contribution is 2.41. The average Bonchev–Trinajstić information content (AvgIpc) is 2.80. The molecule has 1 unspecified atom stereocenters. The molecule has 1 atom stereocenters. The molecular formula is C16H18N2O3. The number of carbonyl (C=O) groups is 1. The van der Waals surface area contributed by atoms with Crippen molar-refractivity contribution in [2.24, 2.45) is 0 Å². The van der Waals surface area contributed by atoms with Gasteiger partial charge in [-0.2, -0.15) is 5.26 Å². The molecular weight excluding hydrogens is 268 g/mol. The van der Waals surface area contributed by atoms with E-state index < -0.39 is 6.04 Å². The SMILES string of the molecule is COc1cccc2c1C(=O)N(C1CCC(O)CC1)C2C#N. The minimum absolute atomic E-state index is 0.0163. The monoisotopic (exact) mass is 286 g/mol. The number of aliphatic hydroxyl groups is 1. The van der Waals surface area contributed by atoms with Gasteiger partial charge >= 0.3 is 0 Å². The second kappa shape index (κ2) is 5.38. The van der Waals surface area contributed by atoms with E-state index >= 15 is 0 Å². The molecule has 110 valence electrons. The molecule has 21 heavy (non-hydrogen) atoms. The lowest BCUT2D eigenvalue weighted by molar-refractivity contribution is 0.0477. The normalized spacial score (nSPS) is 28.1. The number of amides is 1. The maximum absolute atomic E-state index is 12.8. The van der Waals surface area contributed by atoms with Gasteiger partial charge in [-0.15, -0.1) is 0 Å². The molecule has 0 aromatic heterocycles. The molecule has 0 saturated heterocycles. The highest BCUT2D eigenvalue weighted by molar-refractivity contribution is 6.02. The van der Waals surface area contributed by atoms with Crippen LogP contribution in [0, 0.1) is 11.3 Å². The number of nitrogens with zero attached hydrogens (tertiary/aromatic N) is 2. The van der Waals surface area contributed by atoms with E-state index in [2.05, 4.69) is 6.07 Å². The van der Waals surface area contributed by atoms with Crippen LogP contribution >= 0.6 is 0 Å². The van der Waals surface area contributed by atoms with Gasteiger partial charge in [-0.05, 0) is 31.7 Å². The van der Waals surface area contributed by atoms with Crippen molar-refractivity contribution in [2.75, 3.05) is 7.11 Å². The first-order valence-electron chi connectivity index (χ1n) is 7.24. The first-order chi connectivity index (χ1) is 10.2. The number of nitriles is 1. The van der Waals surface area contributed by atoms with E-state index in [0.29, 0.717) is 24.2 Å². The quantitative estimate of drug-likeness (QED) is 0.902. The molecule has 1 N–H and O–H groups in total. The number of benzene rings is 1. The van der Waals surface area contributed by atoms with Gasteiger partial charge in [0.05, 0.1) is 24.8 Å². The Balaban J connectivity index is 1.97. The predicted molar refractivity (Wildman–Crippen MR) is 75.8 cm³/mol. The summed E-state index contributed by atoms with van der Waals surface area (Å²) in [7, 11) is 1.53. The summed E-state index contributed by atoms with van der Waals surface area (Å²) in [5.74, 6) is 0.395. The second-order valence-corrected chi connectivity index (χ2v) is 5.63. The first-order valence-corrected chi connectivity index (χ1v) is 7.24. The number of rotatable bonds is 2. The smallest absolute Gasteiger partial charge is 0.259 e. The predicted octanol–water partition coefficient (Wildman–Crippen LogP) is 2.02. The summed E-state index contributed by atoms with van der Waals surface area (Å²) in [6, 6.07) is 7.09. The Morgan fingerprint density at radius 3 is 2.67 bits per heavy atom. The number of aliphatic hydroxyl groups excluding tert-OH is 1. The number of hydrogen-bond acceptors (Lipinski definition) is 4. The van der Waals surface area contributed by atoms with Gasteiger partial charge in [0.15, 0.2) is 0 Å². The number of fused-ring (bicyclic) bond motifs is 1. The van der Waals surface area contributed by atoms with Crippen molar-refractivity contribution in [3.8, 4) is 11.8 Å². The minimum atomic E-state index is -0.553. The van der Waals surface area contributed by atoms with Gasteiger partial charge in [0.2, 0.25) is 0 Å².